The summed E-state index contributed by atoms with van der Waals surface area (Å²) in [5.41, 5.74) is 4.47. The molecule has 0 amide bonds. The molecule has 1 aromatic heterocycles. The third-order valence-corrected chi connectivity index (χ3v) is 9.13. The number of fused-ring (bicyclic) bond motifs is 3. The van der Waals surface area contributed by atoms with Gasteiger partial charge in [-0.2, -0.15) is 11.8 Å². The first-order chi connectivity index (χ1) is 20.9. The Morgan fingerprint density at radius 1 is 0.884 bits per heavy atom. The number of nitrogens with zero attached hydrogens (tertiary/aromatic N) is 2. The molecule has 0 N–H and O–H groups in total. The van der Waals surface area contributed by atoms with Crippen molar-refractivity contribution in [2.24, 2.45) is 5.16 Å². The van der Waals surface area contributed by atoms with E-state index in [-0.39, 0.29) is 16.6 Å². The maximum atomic E-state index is 15.3. The molecule has 2 heterocycles. The van der Waals surface area contributed by atoms with E-state index in [4.69, 9.17) is 4.84 Å². The van der Waals surface area contributed by atoms with E-state index in [0.717, 1.165) is 51.5 Å². The van der Waals surface area contributed by atoms with Gasteiger partial charge in [-0.3, -0.25) is 9.59 Å². The van der Waals surface area contributed by atoms with Crippen LogP contribution in [0, 0.1) is 5.82 Å². The molecule has 0 saturated carbocycles. The highest BCUT2D eigenvalue weighted by Crippen LogP contribution is 2.33. The number of Topliss-reactive ketones (excluding diaryl/α,β-unsaturated/α-hetero) is 1. The fraction of sp³-hybridized carbons (Fsp3) is 0.200. The second-order valence-corrected chi connectivity index (χ2v) is 11.8. The highest BCUT2D eigenvalue weighted by Gasteiger charge is 2.26. The minimum Gasteiger partial charge on any atom is -0.341 e. The minimum absolute atomic E-state index is 0.0743. The largest absolute Gasteiger partial charge is 0.341 e. The second-order valence-electron chi connectivity index (χ2n) is 10.5. The van der Waals surface area contributed by atoms with E-state index in [1.54, 1.807) is 30.0 Å². The maximum Gasteiger partial charge on any atom is 0.332 e. The van der Waals surface area contributed by atoms with E-state index in [9.17, 15) is 14.4 Å². The molecule has 1 fully saturated rings. The Labute approximate surface area is 252 Å². The van der Waals surface area contributed by atoms with Gasteiger partial charge >= 0.3 is 5.97 Å². The minimum atomic E-state index is -0.702. The first kappa shape index (κ1) is 28.6. The van der Waals surface area contributed by atoms with Crippen LogP contribution in [0.4, 0.5) is 4.39 Å². The highest BCUT2D eigenvalue weighted by atomic mass is 32.2. The molecule has 0 spiro atoms. The van der Waals surface area contributed by atoms with Crippen molar-refractivity contribution >= 4 is 56.8 Å². The van der Waals surface area contributed by atoms with E-state index in [1.165, 1.54) is 19.1 Å². The number of ketones is 2. The van der Waals surface area contributed by atoms with E-state index in [1.807, 2.05) is 61.5 Å². The van der Waals surface area contributed by atoms with Gasteiger partial charge in [0.15, 0.2) is 11.6 Å². The molecule has 1 unspecified atom stereocenters. The lowest BCUT2D eigenvalue weighted by Crippen LogP contribution is -2.15. The molecule has 1 aliphatic heterocycles. The predicted molar refractivity (Wildman–Crippen MR) is 169 cm³/mol. The monoisotopic (exact) mass is 592 g/mol. The Hall–Kier alpha value is -4.56. The number of halogens is 1. The lowest BCUT2D eigenvalue weighted by Gasteiger charge is -2.09. The molecule has 5 aromatic rings. The molecule has 4 aromatic carbocycles. The molecule has 216 valence electrons. The van der Waals surface area contributed by atoms with Crippen LogP contribution in [0.15, 0.2) is 90.1 Å². The van der Waals surface area contributed by atoms with Crippen LogP contribution in [0.5, 0.6) is 0 Å². The lowest BCUT2D eigenvalue weighted by molar-refractivity contribution is -0.140. The number of carbonyl (C=O) groups excluding carboxylic acids is 3. The first-order valence-corrected chi connectivity index (χ1v) is 15.3. The van der Waals surface area contributed by atoms with Crippen molar-refractivity contribution < 1.29 is 23.6 Å². The summed E-state index contributed by atoms with van der Waals surface area (Å²) in [4.78, 5) is 43.0. The van der Waals surface area contributed by atoms with Crippen molar-refractivity contribution in [1.29, 1.82) is 0 Å². The molecular formula is C35H29FN2O4S. The Bertz CT molecular complexity index is 1920. The van der Waals surface area contributed by atoms with Crippen molar-refractivity contribution in [3.8, 4) is 0 Å². The molecule has 0 aliphatic carbocycles. The average molecular weight is 593 g/mol. The number of oxime groups is 1. The van der Waals surface area contributed by atoms with Crippen molar-refractivity contribution in [3.05, 3.63) is 119 Å². The summed E-state index contributed by atoms with van der Waals surface area (Å²) < 4.78 is 17.4. The number of aromatic nitrogens is 1. The summed E-state index contributed by atoms with van der Waals surface area (Å²) in [6.45, 7) is 4.04. The predicted octanol–water partition coefficient (Wildman–Crippen LogP) is 7.58. The van der Waals surface area contributed by atoms with Crippen LogP contribution in [0.2, 0.25) is 0 Å². The van der Waals surface area contributed by atoms with Crippen molar-refractivity contribution in [1.82, 2.24) is 4.57 Å². The topological polar surface area (TPSA) is 77.7 Å². The molecule has 6 nitrogen and oxygen atoms in total. The van der Waals surface area contributed by atoms with Gasteiger partial charge < -0.3 is 9.40 Å². The SMILES string of the molecule is CCn1c2ccc(C(=O)c3ccc(C(=O)C4CCCS4)cc3F)cc2c2cc(C(=NOC(C)=O)c3ccccc3)ccc21. The number of hydrogen-bond acceptors (Lipinski definition) is 6. The van der Waals surface area contributed by atoms with Gasteiger partial charge in [-0.25, -0.2) is 9.18 Å². The summed E-state index contributed by atoms with van der Waals surface area (Å²) in [6, 6.07) is 24.9. The van der Waals surface area contributed by atoms with Gasteiger partial charge in [-0.1, -0.05) is 47.6 Å². The molecular weight excluding hydrogens is 563 g/mol. The summed E-state index contributed by atoms with van der Waals surface area (Å²) in [5.74, 6) is -0.838. The fourth-order valence-electron chi connectivity index (χ4n) is 5.69. The molecule has 1 atom stereocenters. The average Bonchev–Trinajstić information content (AvgIpc) is 3.67. The standard InChI is InChI=1S/C35H29FN2O4S/c1-3-38-30-15-12-23(33(37-42-21(2)39)22-8-5-4-6-9-22)18-27(30)28-19-24(13-16-31(28)38)34(40)26-14-11-25(20-29(26)36)35(41)32-10-7-17-43-32/h4-6,8-9,11-16,18-20,32H,3,7,10,17H2,1-2H3. The molecule has 0 bridgehead atoms. The lowest BCUT2D eigenvalue weighted by atomic mass is 9.97. The highest BCUT2D eigenvalue weighted by molar-refractivity contribution is 8.00. The van der Waals surface area contributed by atoms with Gasteiger partial charge in [-0.05, 0) is 68.0 Å². The Balaban J connectivity index is 1.42. The number of benzene rings is 4. The van der Waals surface area contributed by atoms with E-state index >= 15 is 4.39 Å². The normalized spacial score (nSPS) is 15.2. The molecule has 8 heteroatoms. The number of carbonyl (C=O) groups is 3. The summed E-state index contributed by atoms with van der Waals surface area (Å²) in [6.07, 6.45) is 1.77. The van der Waals surface area contributed by atoms with Gasteiger partial charge in [-0.15, -0.1) is 0 Å². The van der Waals surface area contributed by atoms with Crippen molar-refractivity contribution in [2.75, 3.05) is 5.75 Å². The van der Waals surface area contributed by atoms with Crippen LogP contribution in [0.25, 0.3) is 21.8 Å². The zero-order valence-electron chi connectivity index (χ0n) is 23.8. The van der Waals surface area contributed by atoms with Gasteiger partial charge in [0, 0.05) is 57.5 Å². The molecule has 6 rings (SSSR count). The van der Waals surface area contributed by atoms with Gasteiger partial charge in [0.2, 0.25) is 0 Å². The summed E-state index contributed by atoms with van der Waals surface area (Å²) in [5, 5.41) is 5.72. The zero-order valence-corrected chi connectivity index (χ0v) is 24.6. The number of hydrogen-bond donors (Lipinski definition) is 0. The molecule has 0 radical (unpaired) electrons. The molecule has 43 heavy (non-hydrogen) atoms. The zero-order chi connectivity index (χ0) is 30.1. The van der Waals surface area contributed by atoms with E-state index in [2.05, 4.69) is 9.72 Å². The molecule has 1 aliphatic rings. The Kier molecular flexibility index (Phi) is 7.95. The summed E-state index contributed by atoms with van der Waals surface area (Å²) >= 11 is 1.60. The third kappa shape index (κ3) is 5.50. The second kappa shape index (κ2) is 12.0. The van der Waals surface area contributed by atoms with Crippen LogP contribution < -0.4 is 0 Å². The van der Waals surface area contributed by atoms with Crippen LogP contribution in [0.1, 0.15) is 64.1 Å². The number of rotatable bonds is 8. The maximum absolute atomic E-state index is 15.3. The van der Waals surface area contributed by atoms with Crippen LogP contribution in [-0.4, -0.2) is 38.8 Å². The first-order valence-electron chi connectivity index (χ1n) is 14.2. The van der Waals surface area contributed by atoms with Crippen LogP contribution >= 0.6 is 11.8 Å². The van der Waals surface area contributed by atoms with E-state index in [0.29, 0.717) is 23.4 Å². The number of thioether (sulfide) groups is 1. The van der Waals surface area contributed by atoms with Gasteiger partial charge in [0.05, 0.1) is 10.8 Å². The van der Waals surface area contributed by atoms with Crippen LogP contribution in [-0.2, 0) is 16.2 Å². The smallest absolute Gasteiger partial charge is 0.332 e. The van der Waals surface area contributed by atoms with Crippen molar-refractivity contribution in [3.63, 3.8) is 0 Å². The quantitative estimate of drug-likeness (QED) is 0.0804. The summed E-state index contributed by atoms with van der Waals surface area (Å²) in [7, 11) is 0. The molecule has 1 saturated heterocycles. The van der Waals surface area contributed by atoms with Crippen LogP contribution in [0.3, 0.4) is 0 Å². The third-order valence-electron chi connectivity index (χ3n) is 7.75. The Morgan fingerprint density at radius 3 is 2.19 bits per heavy atom. The van der Waals surface area contributed by atoms with E-state index < -0.39 is 17.6 Å². The van der Waals surface area contributed by atoms with Crippen molar-refractivity contribution in [2.45, 2.75) is 38.5 Å². The number of aryl methyl sites for hydroxylation is 1. The van der Waals surface area contributed by atoms with Gasteiger partial charge in [0.25, 0.3) is 0 Å². The fourth-order valence-corrected chi connectivity index (χ4v) is 6.93. The van der Waals surface area contributed by atoms with Gasteiger partial charge in [0.1, 0.15) is 11.5 Å². The Morgan fingerprint density at radius 2 is 1.56 bits per heavy atom.